The number of carboxylic acid groups (broad SMARTS) is 1. The quantitative estimate of drug-likeness (QED) is 0.840. The van der Waals surface area contributed by atoms with Crippen molar-refractivity contribution in [1.29, 1.82) is 0 Å². The predicted octanol–water partition coefficient (Wildman–Crippen LogP) is 2.77. The van der Waals surface area contributed by atoms with Gasteiger partial charge in [-0.1, -0.05) is 32.0 Å². The van der Waals surface area contributed by atoms with Gasteiger partial charge >= 0.3 is 5.97 Å². The summed E-state index contributed by atoms with van der Waals surface area (Å²) in [7, 11) is 3.88. The van der Waals surface area contributed by atoms with Crippen molar-refractivity contribution in [3.8, 4) is 0 Å². The molecule has 122 valence electrons. The van der Waals surface area contributed by atoms with Crippen LogP contribution in [0.15, 0.2) is 54.0 Å². The first-order valence-corrected chi connectivity index (χ1v) is 7.26. The topological polar surface area (TPSA) is 69.6 Å². The maximum absolute atomic E-state index is 10.7. The second-order valence-electron chi connectivity index (χ2n) is 5.50. The van der Waals surface area contributed by atoms with Crippen LogP contribution in [-0.4, -0.2) is 36.0 Å². The maximum atomic E-state index is 10.7. The van der Waals surface area contributed by atoms with Gasteiger partial charge in [0.15, 0.2) is 5.94 Å². The van der Waals surface area contributed by atoms with Crippen molar-refractivity contribution in [3.05, 3.63) is 65.1 Å². The maximum Gasteiger partial charge on any atom is 0.335 e. The first kappa shape index (κ1) is 18.3. The summed E-state index contributed by atoms with van der Waals surface area (Å²) in [5, 5.41) is 11.6. The minimum Gasteiger partial charge on any atom is -0.478 e. The number of carbonyl (C=O) groups is 1. The normalized spacial score (nSPS) is 12.6. The molecule has 0 unspecified atom stereocenters. The third-order valence-corrected chi connectivity index (χ3v) is 3.24. The first-order valence-electron chi connectivity index (χ1n) is 7.26. The number of carbonyl (C=O) groups excluding carboxylic acids is 1. The van der Waals surface area contributed by atoms with Gasteiger partial charge in [0.05, 0.1) is 11.3 Å². The number of dihydropyridines is 1. The molecule has 0 bridgehead atoms. The van der Waals surface area contributed by atoms with Crippen LogP contribution in [0.1, 0.15) is 35.7 Å². The standard InChI is InChI=1S/C10H12O2.C8H10N2O/c1-7(2)8-5-3-4-6-9(8)10(11)12;1-10(2)8-4-3-7(6-11)9-5-8/h3-7H,1-2H3,(H,11,12);3-5,9H,1-2H3. The molecule has 0 saturated heterocycles. The van der Waals surface area contributed by atoms with Crippen molar-refractivity contribution in [2.24, 2.45) is 0 Å². The molecule has 0 atom stereocenters. The summed E-state index contributed by atoms with van der Waals surface area (Å²) >= 11 is 0. The third kappa shape index (κ3) is 5.49. The van der Waals surface area contributed by atoms with E-state index in [1.165, 1.54) is 0 Å². The summed E-state index contributed by atoms with van der Waals surface area (Å²) in [4.78, 5) is 22.8. The van der Waals surface area contributed by atoms with Crippen LogP contribution in [0, 0.1) is 0 Å². The number of allylic oxidation sites excluding steroid dienone is 2. The van der Waals surface area contributed by atoms with Gasteiger partial charge < -0.3 is 15.3 Å². The molecule has 5 heteroatoms. The lowest BCUT2D eigenvalue weighted by Crippen LogP contribution is -2.17. The zero-order valence-electron chi connectivity index (χ0n) is 13.8. The summed E-state index contributed by atoms with van der Waals surface area (Å²) in [6.07, 6.45) is 5.32. The Morgan fingerprint density at radius 3 is 2.26 bits per heavy atom. The number of hydrogen-bond acceptors (Lipinski definition) is 4. The van der Waals surface area contributed by atoms with Gasteiger partial charge in [0.1, 0.15) is 5.70 Å². The Morgan fingerprint density at radius 2 is 1.87 bits per heavy atom. The van der Waals surface area contributed by atoms with E-state index in [0.717, 1.165) is 11.3 Å². The summed E-state index contributed by atoms with van der Waals surface area (Å²) in [5.41, 5.74) is 2.80. The van der Waals surface area contributed by atoms with E-state index in [9.17, 15) is 9.59 Å². The molecule has 0 radical (unpaired) electrons. The fourth-order valence-corrected chi connectivity index (χ4v) is 1.95. The Bertz CT molecular complexity index is 667. The Hall–Kier alpha value is -2.78. The molecule has 0 aromatic heterocycles. The van der Waals surface area contributed by atoms with E-state index in [-0.39, 0.29) is 5.92 Å². The van der Waals surface area contributed by atoms with E-state index >= 15 is 0 Å². The number of nitrogens with one attached hydrogen (secondary N) is 1. The predicted molar refractivity (Wildman–Crippen MR) is 90.7 cm³/mol. The number of carboxylic acids is 1. The van der Waals surface area contributed by atoms with E-state index in [1.54, 1.807) is 30.4 Å². The second kappa shape index (κ2) is 8.61. The largest absolute Gasteiger partial charge is 0.478 e. The van der Waals surface area contributed by atoms with E-state index in [2.05, 4.69) is 5.32 Å². The molecule has 1 aliphatic rings. The van der Waals surface area contributed by atoms with Crippen LogP contribution in [-0.2, 0) is 4.79 Å². The highest BCUT2D eigenvalue weighted by atomic mass is 16.4. The summed E-state index contributed by atoms with van der Waals surface area (Å²) < 4.78 is 0. The number of hydrogen-bond donors (Lipinski definition) is 2. The molecule has 1 aromatic rings. The van der Waals surface area contributed by atoms with Crippen molar-refractivity contribution in [2.75, 3.05) is 14.1 Å². The highest BCUT2D eigenvalue weighted by Crippen LogP contribution is 2.18. The van der Waals surface area contributed by atoms with Crippen molar-refractivity contribution in [2.45, 2.75) is 19.8 Å². The van der Waals surface area contributed by atoms with Gasteiger partial charge in [0, 0.05) is 20.3 Å². The highest BCUT2D eigenvalue weighted by molar-refractivity contribution is 5.89. The van der Waals surface area contributed by atoms with Gasteiger partial charge in [-0.15, -0.1) is 0 Å². The molecular weight excluding hydrogens is 292 g/mol. The zero-order chi connectivity index (χ0) is 17.4. The number of rotatable bonds is 3. The molecule has 23 heavy (non-hydrogen) atoms. The highest BCUT2D eigenvalue weighted by Gasteiger charge is 2.10. The molecule has 2 rings (SSSR count). The summed E-state index contributed by atoms with van der Waals surface area (Å²) in [6, 6.07) is 7.10. The Kier molecular flexibility index (Phi) is 6.84. The van der Waals surface area contributed by atoms with Crippen LogP contribution in [0.3, 0.4) is 0 Å². The van der Waals surface area contributed by atoms with Crippen LogP contribution in [0.4, 0.5) is 0 Å². The minimum atomic E-state index is -0.848. The van der Waals surface area contributed by atoms with Crippen LogP contribution in [0.25, 0.3) is 0 Å². The van der Waals surface area contributed by atoms with Gasteiger partial charge in [0.25, 0.3) is 0 Å². The fourth-order valence-electron chi connectivity index (χ4n) is 1.95. The molecule has 2 N–H and O–H groups in total. The lowest BCUT2D eigenvalue weighted by atomic mass is 9.97. The third-order valence-electron chi connectivity index (χ3n) is 3.24. The molecule has 0 spiro atoms. The molecule has 0 saturated carbocycles. The first-order chi connectivity index (χ1) is 10.9. The monoisotopic (exact) mass is 314 g/mol. The number of benzene rings is 1. The Morgan fingerprint density at radius 1 is 1.22 bits per heavy atom. The lowest BCUT2D eigenvalue weighted by molar-refractivity contribution is 0.0695. The van der Waals surface area contributed by atoms with Crippen molar-refractivity contribution >= 4 is 11.9 Å². The van der Waals surface area contributed by atoms with Gasteiger partial charge in [-0.2, -0.15) is 0 Å². The SMILES string of the molecule is CC(C)c1ccccc1C(=O)O.CN(C)C1=CNC(=C=O)C=C1. The molecule has 0 amide bonds. The molecule has 1 heterocycles. The van der Waals surface area contributed by atoms with Crippen molar-refractivity contribution in [1.82, 2.24) is 10.2 Å². The van der Waals surface area contributed by atoms with Crippen LogP contribution < -0.4 is 5.32 Å². The van der Waals surface area contributed by atoms with Crippen molar-refractivity contribution in [3.63, 3.8) is 0 Å². The van der Waals surface area contributed by atoms with Gasteiger partial charge in [-0.3, -0.25) is 0 Å². The molecular formula is C18H22N2O3. The molecule has 1 aromatic carbocycles. The van der Waals surface area contributed by atoms with Gasteiger partial charge in [-0.05, 0) is 29.7 Å². The van der Waals surface area contributed by atoms with E-state index in [4.69, 9.17) is 5.11 Å². The smallest absolute Gasteiger partial charge is 0.335 e. The van der Waals surface area contributed by atoms with Gasteiger partial charge in [-0.25, -0.2) is 9.59 Å². The molecule has 0 aliphatic carbocycles. The van der Waals surface area contributed by atoms with E-state index < -0.39 is 5.97 Å². The number of likely N-dealkylation sites (N-methyl/N-ethyl adjacent to an activating group) is 1. The lowest BCUT2D eigenvalue weighted by Gasteiger charge is -2.16. The van der Waals surface area contributed by atoms with Crippen LogP contribution >= 0.6 is 0 Å². The number of aromatic carboxylic acids is 1. The summed E-state index contributed by atoms with van der Waals surface area (Å²) in [6.45, 7) is 3.98. The average molecular weight is 314 g/mol. The molecule has 5 nitrogen and oxygen atoms in total. The number of nitrogens with zero attached hydrogens (tertiary/aromatic N) is 1. The molecule has 1 aliphatic heterocycles. The summed E-state index contributed by atoms with van der Waals surface area (Å²) in [5.74, 6) is 1.18. The van der Waals surface area contributed by atoms with E-state index in [0.29, 0.717) is 11.3 Å². The van der Waals surface area contributed by atoms with Gasteiger partial charge in [0.2, 0.25) is 0 Å². The Balaban J connectivity index is 0.000000231. The van der Waals surface area contributed by atoms with Crippen molar-refractivity contribution < 1.29 is 14.7 Å². The molecule has 0 fully saturated rings. The second-order valence-corrected chi connectivity index (χ2v) is 5.50. The Labute approximate surface area is 136 Å². The fraction of sp³-hybridized carbons (Fsp3) is 0.278. The average Bonchev–Trinajstić information content (AvgIpc) is 2.55. The van der Waals surface area contributed by atoms with Crippen LogP contribution in [0.5, 0.6) is 0 Å². The van der Waals surface area contributed by atoms with E-state index in [1.807, 2.05) is 51.1 Å². The minimum absolute atomic E-state index is 0.261. The van der Waals surface area contributed by atoms with Crippen LogP contribution in [0.2, 0.25) is 0 Å². The zero-order valence-corrected chi connectivity index (χ0v) is 13.8.